The molecule has 6 nitrogen and oxygen atoms in total. The lowest BCUT2D eigenvalue weighted by atomic mass is 10.1. The van der Waals surface area contributed by atoms with Crippen LogP contribution in [0.2, 0.25) is 0 Å². The predicted octanol–water partition coefficient (Wildman–Crippen LogP) is 2.21. The molecule has 2 heterocycles. The minimum absolute atomic E-state index is 0.0391. The summed E-state index contributed by atoms with van der Waals surface area (Å²) in [5.74, 6) is -0.428. The molecule has 2 aromatic rings. The fourth-order valence-electron chi connectivity index (χ4n) is 2.22. The van der Waals surface area contributed by atoms with Crippen LogP contribution < -0.4 is 9.64 Å². The highest BCUT2D eigenvalue weighted by Crippen LogP contribution is 2.34. The molecule has 0 saturated heterocycles. The number of hydrogen-bond donors (Lipinski definition) is 1. The number of hydrogen-bond acceptors (Lipinski definition) is 4. The number of aryl methyl sites for hydroxylation is 1. The van der Waals surface area contributed by atoms with Crippen molar-refractivity contribution in [1.29, 1.82) is 0 Å². The smallest absolute Gasteiger partial charge is 0.371 e. The molecule has 1 aliphatic rings. The summed E-state index contributed by atoms with van der Waals surface area (Å²) in [5, 5.41) is 8.86. The largest absolute Gasteiger partial charge is 0.482 e. The van der Waals surface area contributed by atoms with Crippen molar-refractivity contribution in [3.63, 3.8) is 0 Å². The third-order valence-electron chi connectivity index (χ3n) is 3.24. The molecule has 0 spiro atoms. The number of benzene rings is 1. The van der Waals surface area contributed by atoms with E-state index in [0.29, 0.717) is 17.2 Å². The van der Waals surface area contributed by atoms with Gasteiger partial charge < -0.3 is 14.3 Å². The van der Waals surface area contributed by atoms with Gasteiger partial charge in [0.2, 0.25) is 5.76 Å². The van der Waals surface area contributed by atoms with Crippen molar-refractivity contribution in [1.82, 2.24) is 0 Å². The Labute approximate surface area is 120 Å². The summed E-state index contributed by atoms with van der Waals surface area (Å²) in [6.07, 6.45) is 0. The predicted molar refractivity (Wildman–Crippen MR) is 73.5 cm³/mol. The molecule has 0 bridgehead atoms. The number of carboxylic acid groups (broad SMARTS) is 1. The molecule has 1 amide bonds. The topological polar surface area (TPSA) is 80.0 Å². The fourth-order valence-corrected chi connectivity index (χ4v) is 2.22. The monoisotopic (exact) mass is 287 g/mol. The fraction of sp³-hybridized carbons (Fsp3) is 0.200. The van der Waals surface area contributed by atoms with Gasteiger partial charge in [-0.3, -0.25) is 9.69 Å². The number of carbonyl (C=O) groups is 2. The normalized spacial score (nSPS) is 13.8. The number of amides is 1. The molecule has 108 valence electrons. The zero-order chi connectivity index (χ0) is 15.0. The van der Waals surface area contributed by atoms with Crippen molar-refractivity contribution in [3.05, 3.63) is 47.4 Å². The van der Waals surface area contributed by atoms with Crippen molar-refractivity contribution in [2.24, 2.45) is 0 Å². The summed E-state index contributed by atoms with van der Waals surface area (Å²) in [4.78, 5) is 24.4. The molecule has 3 rings (SSSR count). The van der Waals surface area contributed by atoms with Gasteiger partial charge in [0.25, 0.3) is 5.91 Å². The third-order valence-corrected chi connectivity index (χ3v) is 3.24. The number of fused-ring (bicyclic) bond motifs is 1. The highest BCUT2D eigenvalue weighted by atomic mass is 16.5. The van der Waals surface area contributed by atoms with Gasteiger partial charge >= 0.3 is 5.97 Å². The van der Waals surface area contributed by atoms with Gasteiger partial charge in [0.1, 0.15) is 11.5 Å². The first kappa shape index (κ1) is 13.2. The number of carboxylic acids is 1. The van der Waals surface area contributed by atoms with Crippen LogP contribution in [-0.2, 0) is 11.3 Å². The van der Waals surface area contributed by atoms with Crippen LogP contribution in [0.25, 0.3) is 0 Å². The molecule has 1 N–H and O–H groups in total. The molecule has 0 unspecified atom stereocenters. The Morgan fingerprint density at radius 2 is 2.14 bits per heavy atom. The van der Waals surface area contributed by atoms with E-state index in [1.54, 1.807) is 6.07 Å². The van der Waals surface area contributed by atoms with Crippen LogP contribution in [0.3, 0.4) is 0 Å². The average Bonchev–Trinajstić information content (AvgIpc) is 2.91. The molecule has 1 aliphatic heterocycles. The van der Waals surface area contributed by atoms with Gasteiger partial charge in [-0.15, -0.1) is 0 Å². The number of anilines is 1. The van der Waals surface area contributed by atoms with Gasteiger partial charge in [0, 0.05) is 0 Å². The molecule has 0 fully saturated rings. The van der Waals surface area contributed by atoms with Crippen LogP contribution in [0.5, 0.6) is 5.75 Å². The lowest BCUT2D eigenvalue weighted by Crippen LogP contribution is -2.38. The maximum absolute atomic E-state index is 12.1. The molecule has 0 saturated carbocycles. The first-order chi connectivity index (χ1) is 10.0. The third kappa shape index (κ3) is 2.47. The van der Waals surface area contributed by atoms with E-state index in [-0.39, 0.29) is 24.8 Å². The average molecular weight is 287 g/mol. The Hall–Kier alpha value is -2.76. The van der Waals surface area contributed by atoms with Crippen molar-refractivity contribution < 1.29 is 23.8 Å². The summed E-state index contributed by atoms with van der Waals surface area (Å²) in [6.45, 7) is 2.06. The highest BCUT2D eigenvalue weighted by molar-refractivity contribution is 5.97. The highest BCUT2D eigenvalue weighted by Gasteiger charge is 2.26. The second kappa shape index (κ2) is 4.97. The van der Waals surface area contributed by atoms with E-state index < -0.39 is 5.97 Å². The first-order valence-corrected chi connectivity index (χ1v) is 6.40. The number of rotatable bonds is 3. The van der Waals surface area contributed by atoms with Crippen molar-refractivity contribution >= 4 is 17.6 Å². The maximum atomic E-state index is 12.1. The Bertz CT molecular complexity index is 719. The minimum atomic E-state index is -1.13. The molecule has 0 radical (unpaired) electrons. The second-order valence-corrected chi connectivity index (χ2v) is 4.81. The van der Waals surface area contributed by atoms with Crippen LogP contribution >= 0.6 is 0 Å². The first-order valence-electron chi connectivity index (χ1n) is 6.40. The lowest BCUT2D eigenvalue weighted by Gasteiger charge is -2.29. The van der Waals surface area contributed by atoms with Gasteiger partial charge in [0.15, 0.2) is 6.61 Å². The van der Waals surface area contributed by atoms with Crippen LogP contribution in [0.15, 0.2) is 34.7 Å². The number of ether oxygens (including phenoxy) is 1. The zero-order valence-corrected chi connectivity index (χ0v) is 11.3. The van der Waals surface area contributed by atoms with Gasteiger partial charge in [-0.2, -0.15) is 0 Å². The zero-order valence-electron chi connectivity index (χ0n) is 11.3. The molecule has 0 atom stereocenters. The van der Waals surface area contributed by atoms with E-state index in [0.717, 1.165) is 5.56 Å². The van der Waals surface area contributed by atoms with Crippen LogP contribution in [0, 0.1) is 6.92 Å². The number of carbonyl (C=O) groups excluding carboxylic acids is 1. The van der Waals surface area contributed by atoms with Crippen LogP contribution in [0.1, 0.15) is 21.9 Å². The van der Waals surface area contributed by atoms with E-state index in [1.807, 2.05) is 25.1 Å². The van der Waals surface area contributed by atoms with Crippen molar-refractivity contribution in [2.45, 2.75) is 13.5 Å². The molecular weight excluding hydrogens is 274 g/mol. The molecule has 6 heteroatoms. The molecular formula is C15H13NO5. The Morgan fingerprint density at radius 3 is 2.86 bits per heavy atom. The van der Waals surface area contributed by atoms with Crippen LogP contribution in [0.4, 0.5) is 5.69 Å². The summed E-state index contributed by atoms with van der Waals surface area (Å²) >= 11 is 0. The second-order valence-electron chi connectivity index (χ2n) is 4.81. The quantitative estimate of drug-likeness (QED) is 0.936. The van der Waals surface area contributed by atoms with Crippen molar-refractivity contribution in [3.8, 4) is 5.75 Å². The van der Waals surface area contributed by atoms with Gasteiger partial charge in [-0.05, 0) is 36.8 Å². The Kier molecular flexibility index (Phi) is 3.13. The van der Waals surface area contributed by atoms with E-state index in [4.69, 9.17) is 14.3 Å². The standard InChI is InChI=1S/C15H13NO5/c1-9-2-4-12-11(6-9)16(14(17)8-20-12)7-10-3-5-13(21-10)15(18)19/h2-6H,7-8H2,1H3,(H,18,19). The van der Waals surface area contributed by atoms with Gasteiger partial charge in [0.05, 0.1) is 12.2 Å². The summed E-state index contributed by atoms with van der Waals surface area (Å²) in [7, 11) is 0. The summed E-state index contributed by atoms with van der Waals surface area (Å²) in [5.41, 5.74) is 1.67. The summed E-state index contributed by atoms with van der Waals surface area (Å²) in [6, 6.07) is 8.51. The molecule has 1 aromatic heterocycles. The maximum Gasteiger partial charge on any atom is 0.371 e. The van der Waals surface area contributed by atoms with Gasteiger partial charge in [-0.25, -0.2) is 4.79 Å². The number of aromatic carboxylic acids is 1. The summed E-state index contributed by atoms with van der Waals surface area (Å²) < 4.78 is 10.6. The van der Waals surface area contributed by atoms with E-state index in [2.05, 4.69) is 0 Å². The minimum Gasteiger partial charge on any atom is -0.482 e. The van der Waals surface area contributed by atoms with Crippen LogP contribution in [-0.4, -0.2) is 23.6 Å². The molecule has 0 aliphatic carbocycles. The van der Waals surface area contributed by atoms with Gasteiger partial charge in [-0.1, -0.05) is 6.07 Å². The van der Waals surface area contributed by atoms with E-state index in [9.17, 15) is 9.59 Å². The lowest BCUT2D eigenvalue weighted by molar-refractivity contribution is -0.121. The SMILES string of the molecule is Cc1ccc2c(c1)N(Cc1ccc(C(=O)O)o1)C(=O)CO2. The number of nitrogens with zero attached hydrogens (tertiary/aromatic N) is 1. The van der Waals surface area contributed by atoms with E-state index >= 15 is 0 Å². The van der Waals surface area contributed by atoms with E-state index in [1.165, 1.54) is 11.0 Å². The molecule has 21 heavy (non-hydrogen) atoms. The Balaban J connectivity index is 1.92. The number of furan rings is 1. The Morgan fingerprint density at radius 1 is 1.33 bits per heavy atom. The van der Waals surface area contributed by atoms with Crippen molar-refractivity contribution in [2.75, 3.05) is 11.5 Å². The molecule has 1 aromatic carbocycles.